The summed E-state index contributed by atoms with van der Waals surface area (Å²) < 4.78 is 1.83. The van der Waals surface area contributed by atoms with Gasteiger partial charge in [-0.05, 0) is 45.1 Å². The summed E-state index contributed by atoms with van der Waals surface area (Å²) in [6.45, 7) is 7.43. The van der Waals surface area contributed by atoms with E-state index in [1.165, 1.54) is 26.2 Å². The number of carbonyl (C=O) groups excluding carboxylic acids is 1. The van der Waals surface area contributed by atoms with Crippen LogP contribution in [0.5, 0.6) is 0 Å². The summed E-state index contributed by atoms with van der Waals surface area (Å²) in [5.74, 6) is 1.91. The maximum Gasteiger partial charge on any atom is 0.262 e. The largest absolute Gasteiger partial charge is 0.353 e. The lowest BCUT2D eigenvalue weighted by Gasteiger charge is -2.43. The van der Waals surface area contributed by atoms with Gasteiger partial charge < -0.3 is 14.8 Å². The number of pyridine rings is 2. The molecule has 0 radical (unpaired) electrons. The Morgan fingerprint density at radius 3 is 2.22 bits per heavy atom. The van der Waals surface area contributed by atoms with E-state index in [-0.39, 0.29) is 22.9 Å². The van der Waals surface area contributed by atoms with E-state index in [2.05, 4.69) is 30.1 Å². The molecule has 0 amide bonds. The highest BCUT2D eigenvalue weighted by atomic mass is 16.1. The van der Waals surface area contributed by atoms with E-state index in [9.17, 15) is 9.59 Å². The molecular formula is C28H35N7O2. The maximum atomic E-state index is 13.4. The maximum absolute atomic E-state index is 13.4. The van der Waals surface area contributed by atoms with Crippen LogP contribution in [0.4, 0.5) is 17.5 Å². The van der Waals surface area contributed by atoms with Gasteiger partial charge in [-0.15, -0.1) is 0 Å². The molecule has 9 nitrogen and oxygen atoms in total. The van der Waals surface area contributed by atoms with E-state index in [4.69, 9.17) is 0 Å². The van der Waals surface area contributed by atoms with Crippen molar-refractivity contribution in [1.29, 1.82) is 0 Å². The molecule has 2 aliphatic carbocycles. The molecule has 6 rings (SSSR count). The number of anilines is 3. The molecule has 3 aromatic rings. The van der Waals surface area contributed by atoms with Crippen molar-refractivity contribution in [2.24, 2.45) is 0 Å². The molecule has 0 spiro atoms. The zero-order chi connectivity index (χ0) is 25.5. The summed E-state index contributed by atoms with van der Waals surface area (Å²) in [7, 11) is 0. The lowest BCUT2D eigenvalue weighted by atomic mass is 9.91. The van der Waals surface area contributed by atoms with Crippen molar-refractivity contribution in [3.63, 3.8) is 0 Å². The molecule has 4 heterocycles. The minimum atomic E-state index is -0.196. The molecule has 37 heavy (non-hydrogen) atoms. The first-order valence-electron chi connectivity index (χ1n) is 13.6. The molecule has 0 bridgehead atoms. The zero-order valence-electron chi connectivity index (χ0n) is 21.7. The molecule has 0 atom stereocenters. The van der Waals surface area contributed by atoms with Crippen molar-refractivity contribution in [2.75, 3.05) is 36.4 Å². The molecule has 2 saturated carbocycles. The predicted octanol–water partition coefficient (Wildman–Crippen LogP) is 4.23. The van der Waals surface area contributed by atoms with Gasteiger partial charge in [0.25, 0.3) is 5.56 Å². The standard InChI is InChI=1S/C28H35N7O2/c1-18-22-15-29-24(14-23(22)35(21-6-3-4-7-21)28(37)27(18)19(2)36)32-25-16-31-26(17-30-25)34-12-10-33(11-13-34)20-8-5-9-20/h14-17,20-21H,3-13H2,1-2H3,(H,29,30,32). The average molecular weight is 502 g/mol. The monoisotopic (exact) mass is 501 g/mol. The van der Waals surface area contributed by atoms with Crippen LogP contribution in [0.1, 0.15) is 73.8 Å². The average Bonchev–Trinajstić information content (AvgIpc) is 3.38. The van der Waals surface area contributed by atoms with Crippen molar-refractivity contribution >= 4 is 34.1 Å². The van der Waals surface area contributed by atoms with Crippen molar-refractivity contribution in [3.05, 3.63) is 46.1 Å². The second-order valence-corrected chi connectivity index (χ2v) is 10.7. The van der Waals surface area contributed by atoms with Gasteiger partial charge in [-0.3, -0.25) is 14.5 Å². The number of nitrogens with zero attached hydrogens (tertiary/aromatic N) is 6. The molecule has 194 valence electrons. The molecule has 1 aliphatic heterocycles. The highest BCUT2D eigenvalue weighted by Crippen LogP contribution is 2.33. The van der Waals surface area contributed by atoms with Crippen LogP contribution in [0.15, 0.2) is 29.5 Å². The van der Waals surface area contributed by atoms with Crippen molar-refractivity contribution < 1.29 is 4.79 Å². The van der Waals surface area contributed by atoms with Gasteiger partial charge in [-0.2, -0.15) is 0 Å². The number of Topliss-reactive ketones (excluding diaryl/α,β-unsaturated/α-hetero) is 1. The Bertz CT molecular complexity index is 1370. The van der Waals surface area contributed by atoms with Gasteiger partial charge in [-0.25, -0.2) is 15.0 Å². The molecule has 1 saturated heterocycles. The molecule has 0 unspecified atom stereocenters. The second kappa shape index (κ2) is 9.85. The van der Waals surface area contributed by atoms with Crippen molar-refractivity contribution in [1.82, 2.24) is 24.4 Å². The summed E-state index contributed by atoms with van der Waals surface area (Å²) in [4.78, 5) is 44.6. The fourth-order valence-corrected chi connectivity index (χ4v) is 6.21. The third-order valence-electron chi connectivity index (χ3n) is 8.52. The van der Waals surface area contributed by atoms with Crippen LogP contribution >= 0.6 is 0 Å². The minimum absolute atomic E-state index is 0.104. The number of rotatable bonds is 6. The van der Waals surface area contributed by atoms with E-state index in [1.54, 1.807) is 12.4 Å². The number of hydrogen-bond acceptors (Lipinski definition) is 8. The first-order chi connectivity index (χ1) is 18.0. The molecule has 1 N–H and O–H groups in total. The predicted molar refractivity (Wildman–Crippen MR) is 145 cm³/mol. The van der Waals surface area contributed by atoms with Gasteiger partial charge in [-0.1, -0.05) is 19.3 Å². The van der Waals surface area contributed by atoms with Crippen molar-refractivity contribution in [2.45, 2.75) is 70.9 Å². The number of aryl methyl sites for hydroxylation is 1. The van der Waals surface area contributed by atoms with E-state index in [0.717, 1.165) is 74.6 Å². The smallest absolute Gasteiger partial charge is 0.262 e. The van der Waals surface area contributed by atoms with Crippen LogP contribution in [0.2, 0.25) is 0 Å². The van der Waals surface area contributed by atoms with E-state index in [0.29, 0.717) is 17.2 Å². The lowest BCUT2D eigenvalue weighted by molar-refractivity contribution is 0.101. The number of carbonyl (C=O) groups is 1. The van der Waals surface area contributed by atoms with E-state index in [1.807, 2.05) is 23.8 Å². The number of nitrogens with one attached hydrogen (secondary N) is 1. The highest BCUT2D eigenvalue weighted by Gasteiger charge is 2.28. The third-order valence-corrected chi connectivity index (χ3v) is 8.52. The summed E-state index contributed by atoms with van der Waals surface area (Å²) in [6, 6.07) is 2.80. The first-order valence-corrected chi connectivity index (χ1v) is 13.6. The fraction of sp³-hybridized carbons (Fsp3) is 0.536. The van der Waals surface area contributed by atoms with Crippen LogP contribution in [-0.4, -0.2) is 62.4 Å². The Morgan fingerprint density at radius 1 is 0.892 bits per heavy atom. The lowest BCUT2D eigenvalue weighted by Crippen LogP contribution is -2.52. The third kappa shape index (κ3) is 4.50. The molecular weight excluding hydrogens is 466 g/mol. The number of aromatic nitrogens is 4. The summed E-state index contributed by atoms with van der Waals surface area (Å²) in [5.41, 5.74) is 1.59. The number of hydrogen-bond donors (Lipinski definition) is 1. The van der Waals surface area contributed by atoms with Gasteiger partial charge in [0.1, 0.15) is 17.5 Å². The number of piperazine rings is 1. The van der Waals surface area contributed by atoms with Crippen LogP contribution in [0.3, 0.4) is 0 Å². The quantitative estimate of drug-likeness (QED) is 0.502. The van der Waals surface area contributed by atoms with Gasteiger partial charge in [0, 0.05) is 55.9 Å². The van der Waals surface area contributed by atoms with E-state index >= 15 is 0 Å². The van der Waals surface area contributed by atoms with Gasteiger partial charge in [0.2, 0.25) is 0 Å². The summed E-state index contributed by atoms with van der Waals surface area (Å²) >= 11 is 0. The fourth-order valence-electron chi connectivity index (χ4n) is 6.21. The zero-order valence-corrected chi connectivity index (χ0v) is 21.7. The molecule has 3 aliphatic rings. The van der Waals surface area contributed by atoms with Gasteiger partial charge in [0.05, 0.1) is 23.5 Å². The second-order valence-electron chi connectivity index (χ2n) is 10.7. The highest BCUT2D eigenvalue weighted by molar-refractivity contribution is 6.00. The van der Waals surface area contributed by atoms with Crippen LogP contribution in [0, 0.1) is 6.92 Å². The summed E-state index contributed by atoms with van der Waals surface area (Å²) in [6.07, 6.45) is 13.5. The van der Waals surface area contributed by atoms with Gasteiger partial charge in [0.15, 0.2) is 5.78 Å². The normalized spacial score (nSPS) is 19.4. The molecule has 3 aromatic heterocycles. The van der Waals surface area contributed by atoms with Crippen LogP contribution < -0.4 is 15.8 Å². The SMILES string of the molecule is CC(=O)c1c(C)c2cnc(Nc3cnc(N4CCN(C5CCC5)CC4)cn3)cc2n(C2CCCC2)c1=O. The Morgan fingerprint density at radius 2 is 1.59 bits per heavy atom. The molecule has 3 fully saturated rings. The van der Waals surface area contributed by atoms with Crippen molar-refractivity contribution in [3.8, 4) is 0 Å². The Kier molecular flexibility index (Phi) is 6.40. The van der Waals surface area contributed by atoms with Crippen LogP contribution in [0.25, 0.3) is 10.9 Å². The Balaban J connectivity index is 1.24. The Hall–Kier alpha value is -3.33. The molecule has 9 heteroatoms. The van der Waals surface area contributed by atoms with Crippen LogP contribution in [-0.2, 0) is 0 Å². The van der Waals surface area contributed by atoms with Gasteiger partial charge >= 0.3 is 0 Å². The van der Waals surface area contributed by atoms with E-state index < -0.39 is 0 Å². The summed E-state index contributed by atoms with van der Waals surface area (Å²) in [5, 5.41) is 4.10. The Labute approximate surface area is 216 Å². The first kappa shape index (κ1) is 24.0. The minimum Gasteiger partial charge on any atom is -0.353 e. The number of fused-ring (bicyclic) bond motifs is 1. The molecule has 0 aromatic carbocycles. The topological polar surface area (TPSA) is 96.2 Å². The number of ketones is 1.